The predicted octanol–water partition coefficient (Wildman–Crippen LogP) is 4.13. The van der Waals surface area contributed by atoms with Gasteiger partial charge < -0.3 is 9.47 Å². The average Bonchev–Trinajstić information content (AvgIpc) is 2.49. The Labute approximate surface area is 125 Å². The first-order valence-corrected chi connectivity index (χ1v) is 7.24. The molecule has 0 aliphatic carbocycles. The normalized spacial score (nSPS) is 12.2. The molecule has 2 aromatic carbocycles. The number of benzene rings is 2. The number of rotatable bonds is 4. The van der Waals surface area contributed by atoms with Gasteiger partial charge >= 0.3 is 5.97 Å². The summed E-state index contributed by atoms with van der Waals surface area (Å²) < 4.78 is 10.5. The third-order valence-corrected chi connectivity index (χ3v) is 3.95. The Morgan fingerprint density at radius 2 is 1.90 bits per heavy atom. The lowest BCUT2D eigenvalue weighted by Gasteiger charge is -2.15. The molecule has 21 heavy (non-hydrogen) atoms. The van der Waals surface area contributed by atoms with Crippen LogP contribution in [0.4, 0.5) is 0 Å². The van der Waals surface area contributed by atoms with Crippen LogP contribution in [0.1, 0.15) is 36.5 Å². The van der Waals surface area contributed by atoms with Crippen LogP contribution in [0, 0.1) is 13.8 Å². The largest absolute Gasteiger partial charge is 0.496 e. The molecule has 0 saturated heterocycles. The molecule has 0 aliphatic rings. The van der Waals surface area contributed by atoms with E-state index in [1.165, 1.54) is 10.9 Å². The number of hydrogen-bond acceptors (Lipinski definition) is 3. The zero-order valence-electron chi connectivity index (χ0n) is 13.3. The van der Waals surface area contributed by atoms with E-state index in [-0.39, 0.29) is 11.9 Å². The molecule has 0 aromatic heterocycles. The van der Waals surface area contributed by atoms with Crippen molar-refractivity contribution in [3.05, 3.63) is 41.0 Å². The molecule has 2 aromatic rings. The smallest absolute Gasteiger partial charge is 0.313 e. The first-order chi connectivity index (χ1) is 9.99. The van der Waals surface area contributed by atoms with Crippen LogP contribution in [0.25, 0.3) is 10.8 Å². The zero-order valence-corrected chi connectivity index (χ0v) is 13.3. The number of ether oxygens (including phenoxy) is 2. The van der Waals surface area contributed by atoms with Gasteiger partial charge in [-0.2, -0.15) is 0 Å². The molecule has 0 unspecified atom stereocenters. The molecule has 0 saturated carbocycles. The van der Waals surface area contributed by atoms with Crippen LogP contribution >= 0.6 is 0 Å². The summed E-state index contributed by atoms with van der Waals surface area (Å²) >= 11 is 0. The van der Waals surface area contributed by atoms with Crippen molar-refractivity contribution < 1.29 is 14.3 Å². The lowest BCUT2D eigenvalue weighted by Crippen LogP contribution is -2.13. The SMILES string of the molecule is CCOC(=O)[C@H](C)c1ccc2c(C)cc(OC)c(C)c2c1. The maximum absolute atomic E-state index is 11.9. The fourth-order valence-electron chi connectivity index (χ4n) is 2.62. The standard InChI is InChI=1S/C18H22O3/c1-6-21-18(19)12(3)14-7-8-15-11(2)9-17(20-5)13(4)16(15)10-14/h7-10,12H,6H2,1-5H3/t12-/m1/s1. The Balaban J connectivity index is 2.55. The molecule has 0 N–H and O–H groups in total. The van der Waals surface area contributed by atoms with Crippen LogP contribution in [-0.4, -0.2) is 19.7 Å². The van der Waals surface area contributed by atoms with Crippen molar-refractivity contribution >= 4 is 16.7 Å². The van der Waals surface area contributed by atoms with Crippen LogP contribution in [0.3, 0.4) is 0 Å². The van der Waals surface area contributed by atoms with Gasteiger partial charge in [-0.15, -0.1) is 0 Å². The third kappa shape index (κ3) is 2.87. The van der Waals surface area contributed by atoms with Crippen LogP contribution in [0.15, 0.2) is 24.3 Å². The van der Waals surface area contributed by atoms with Crippen molar-refractivity contribution in [2.75, 3.05) is 13.7 Å². The Morgan fingerprint density at radius 3 is 2.52 bits per heavy atom. The van der Waals surface area contributed by atoms with Crippen molar-refractivity contribution in [3.63, 3.8) is 0 Å². The Hall–Kier alpha value is -2.03. The van der Waals surface area contributed by atoms with E-state index < -0.39 is 0 Å². The molecule has 3 heteroatoms. The van der Waals surface area contributed by atoms with Crippen molar-refractivity contribution in [2.24, 2.45) is 0 Å². The summed E-state index contributed by atoms with van der Waals surface area (Å²) in [5.41, 5.74) is 3.23. The Bertz CT molecular complexity index is 674. The Kier molecular flexibility index (Phi) is 4.51. The van der Waals surface area contributed by atoms with Gasteiger partial charge in [0.15, 0.2) is 0 Å². The fourth-order valence-corrected chi connectivity index (χ4v) is 2.62. The molecular weight excluding hydrogens is 264 g/mol. The van der Waals surface area contributed by atoms with Crippen LogP contribution in [0.2, 0.25) is 0 Å². The fraction of sp³-hybridized carbons (Fsp3) is 0.389. The second-order valence-electron chi connectivity index (χ2n) is 5.30. The van der Waals surface area contributed by atoms with E-state index in [4.69, 9.17) is 9.47 Å². The number of carbonyl (C=O) groups is 1. The van der Waals surface area contributed by atoms with E-state index in [0.29, 0.717) is 6.61 Å². The van der Waals surface area contributed by atoms with Gasteiger partial charge in [0.25, 0.3) is 0 Å². The van der Waals surface area contributed by atoms with E-state index in [1.807, 2.05) is 32.9 Å². The first-order valence-electron chi connectivity index (χ1n) is 7.24. The minimum atomic E-state index is -0.264. The van der Waals surface area contributed by atoms with E-state index in [1.54, 1.807) is 7.11 Å². The topological polar surface area (TPSA) is 35.5 Å². The van der Waals surface area contributed by atoms with Gasteiger partial charge in [0.2, 0.25) is 0 Å². The Morgan fingerprint density at radius 1 is 1.19 bits per heavy atom. The van der Waals surface area contributed by atoms with Crippen molar-refractivity contribution in [3.8, 4) is 5.75 Å². The quantitative estimate of drug-likeness (QED) is 0.793. The van der Waals surface area contributed by atoms with E-state index in [9.17, 15) is 4.79 Å². The lowest BCUT2D eigenvalue weighted by molar-refractivity contribution is -0.144. The maximum Gasteiger partial charge on any atom is 0.313 e. The van der Waals surface area contributed by atoms with Gasteiger partial charge in [-0.05, 0) is 67.3 Å². The summed E-state index contributed by atoms with van der Waals surface area (Å²) in [6.45, 7) is 8.21. The summed E-state index contributed by atoms with van der Waals surface area (Å²) in [6, 6.07) is 8.19. The molecule has 0 spiro atoms. The monoisotopic (exact) mass is 286 g/mol. The summed E-state index contributed by atoms with van der Waals surface area (Å²) in [5, 5.41) is 2.31. The lowest BCUT2D eigenvalue weighted by atomic mass is 9.93. The van der Waals surface area contributed by atoms with E-state index >= 15 is 0 Å². The number of fused-ring (bicyclic) bond motifs is 1. The molecular formula is C18H22O3. The minimum Gasteiger partial charge on any atom is -0.496 e. The minimum absolute atomic E-state index is 0.186. The van der Waals surface area contributed by atoms with Crippen molar-refractivity contribution in [1.29, 1.82) is 0 Å². The molecule has 0 fully saturated rings. The number of hydrogen-bond donors (Lipinski definition) is 0. The highest BCUT2D eigenvalue weighted by Crippen LogP contribution is 2.32. The van der Waals surface area contributed by atoms with Gasteiger partial charge in [0, 0.05) is 0 Å². The molecule has 112 valence electrons. The number of carbonyl (C=O) groups excluding carboxylic acids is 1. The summed E-state index contributed by atoms with van der Waals surface area (Å²) in [6.07, 6.45) is 0. The van der Waals surface area contributed by atoms with Crippen molar-refractivity contribution in [2.45, 2.75) is 33.6 Å². The predicted molar refractivity (Wildman–Crippen MR) is 85.0 cm³/mol. The summed E-state index contributed by atoms with van der Waals surface area (Å²) in [5.74, 6) is 0.426. The van der Waals surface area contributed by atoms with Gasteiger partial charge in [-0.3, -0.25) is 4.79 Å². The molecule has 0 heterocycles. The van der Waals surface area contributed by atoms with Gasteiger partial charge in [0.05, 0.1) is 19.6 Å². The maximum atomic E-state index is 11.9. The van der Waals surface area contributed by atoms with Gasteiger partial charge in [-0.1, -0.05) is 12.1 Å². The first kappa shape index (κ1) is 15.4. The molecule has 3 nitrogen and oxygen atoms in total. The van der Waals surface area contributed by atoms with Crippen LogP contribution < -0.4 is 4.74 Å². The second kappa shape index (κ2) is 6.17. The number of methoxy groups -OCH3 is 1. The molecule has 2 rings (SSSR count). The van der Waals surface area contributed by atoms with Gasteiger partial charge in [-0.25, -0.2) is 0 Å². The summed E-state index contributed by atoms with van der Waals surface area (Å²) in [4.78, 5) is 11.9. The zero-order chi connectivity index (χ0) is 15.6. The van der Waals surface area contributed by atoms with Gasteiger partial charge in [0.1, 0.15) is 5.75 Å². The van der Waals surface area contributed by atoms with Crippen LogP contribution in [-0.2, 0) is 9.53 Å². The molecule has 0 bridgehead atoms. The summed E-state index contributed by atoms with van der Waals surface area (Å²) in [7, 11) is 1.68. The van der Waals surface area contributed by atoms with Crippen molar-refractivity contribution in [1.82, 2.24) is 0 Å². The third-order valence-electron chi connectivity index (χ3n) is 3.95. The molecule has 0 radical (unpaired) electrons. The number of esters is 1. The van der Waals surface area contributed by atoms with E-state index in [0.717, 1.165) is 22.3 Å². The van der Waals surface area contributed by atoms with E-state index in [2.05, 4.69) is 19.1 Å². The second-order valence-corrected chi connectivity index (χ2v) is 5.30. The average molecular weight is 286 g/mol. The highest BCUT2D eigenvalue weighted by atomic mass is 16.5. The molecule has 1 atom stereocenters. The molecule has 0 amide bonds. The van der Waals surface area contributed by atoms with Crippen LogP contribution in [0.5, 0.6) is 5.75 Å². The highest BCUT2D eigenvalue weighted by Gasteiger charge is 2.17. The highest BCUT2D eigenvalue weighted by molar-refractivity contribution is 5.92. The number of aryl methyl sites for hydroxylation is 2. The molecule has 0 aliphatic heterocycles.